The molecule has 0 amide bonds. The van der Waals surface area contributed by atoms with Gasteiger partial charge in [-0.3, -0.25) is 0 Å². The van der Waals surface area contributed by atoms with Crippen LogP contribution < -0.4 is 4.57 Å². The highest BCUT2D eigenvalue weighted by Crippen LogP contribution is 2.53. The number of pyridine rings is 2. The SMILES string of the molecule is [C-]#[N+]c1ccc2c3ccc(C)c4c3n(c2c1)c1cc(C2CC3CCC2C3)cc2cc[n+](C)c4c21. The summed E-state index contributed by atoms with van der Waals surface area (Å²) in [6.45, 7) is 9.87. The minimum Gasteiger partial charge on any atom is -0.309 e. The van der Waals surface area contributed by atoms with E-state index in [0.717, 1.165) is 17.4 Å². The van der Waals surface area contributed by atoms with Crippen LogP contribution in [0.4, 0.5) is 5.69 Å². The summed E-state index contributed by atoms with van der Waals surface area (Å²) in [7, 11) is 2.18. The summed E-state index contributed by atoms with van der Waals surface area (Å²) >= 11 is 0. The van der Waals surface area contributed by atoms with Crippen molar-refractivity contribution in [1.29, 1.82) is 0 Å². The number of hydrogen-bond donors (Lipinski definition) is 0. The fourth-order valence-corrected chi connectivity index (χ4v) is 7.66. The Balaban J connectivity index is 1.64. The quantitative estimate of drug-likeness (QED) is 0.108. The minimum atomic E-state index is 0.687. The molecule has 0 N–H and O–H groups in total. The predicted octanol–water partition coefficient (Wildman–Crippen LogP) is 7.58. The van der Waals surface area contributed by atoms with E-state index in [4.69, 9.17) is 6.57 Å². The zero-order chi connectivity index (χ0) is 22.7. The van der Waals surface area contributed by atoms with E-state index in [1.54, 1.807) is 0 Å². The van der Waals surface area contributed by atoms with Gasteiger partial charge in [0.2, 0.25) is 5.52 Å². The van der Waals surface area contributed by atoms with Gasteiger partial charge in [0.1, 0.15) is 7.05 Å². The van der Waals surface area contributed by atoms with Crippen LogP contribution in [0.3, 0.4) is 0 Å². The largest absolute Gasteiger partial charge is 0.309 e. The number of aromatic nitrogens is 2. The Kier molecular flexibility index (Phi) is 3.46. The van der Waals surface area contributed by atoms with Crippen LogP contribution in [0.25, 0.3) is 53.8 Å². The lowest BCUT2D eigenvalue weighted by Crippen LogP contribution is -2.29. The third-order valence-corrected chi connectivity index (χ3v) is 9.13. The zero-order valence-electron chi connectivity index (χ0n) is 19.6. The van der Waals surface area contributed by atoms with Crippen LogP contribution >= 0.6 is 0 Å². The van der Waals surface area contributed by atoms with E-state index in [9.17, 15) is 0 Å². The first-order valence-electron chi connectivity index (χ1n) is 12.5. The van der Waals surface area contributed by atoms with Gasteiger partial charge >= 0.3 is 0 Å². The van der Waals surface area contributed by atoms with E-state index in [2.05, 4.69) is 76.4 Å². The number of nitrogens with zero attached hydrogens (tertiary/aromatic N) is 3. The van der Waals surface area contributed by atoms with Crippen molar-refractivity contribution in [2.75, 3.05) is 0 Å². The highest BCUT2D eigenvalue weighted by Gasteiger charge is 2.40. The first kappa shape index (κ1) is 18.7. The van der Waals surface area contributed by atoms with Crippen LogP contribution in [0, 0.1) is 25.3 Å². The van der Waals surface area contributed by atoms with Crippen LogP contribution in [-0.4, -0.2) is 4.40 Å². The fourth-order valence-electron chi connectivity index (χ4n) is 7.66. The van der Waals surface area contributed by atoms with Crippen molar-refractivity contribution in [2.45, 2.75) is 38.5 Å². The van der Waals surface area contributed by atoms with Crippen molar-refractivity contribution >= 4 is 54.7 Å². The predicted molar refractivity (Wildman–Crippen MR) is 139 cm³/mol. The second-order valence-corrected chi connectivity index (χ2v) is 10.9. The molecule has 2 fully saturated rings. The molecule has 3 aromatic heterocycles. The summed E-state index contributed by atoms with van der Waals surface area (Å²) in [6, 6.07) is 18.0. The van der Waals surface area contributed by atoms with E-state index in [-0.39, 0.29) is 0 Å². The Labute approximate surface area is 198 Å². The Morgan fingerprint density at radius 2 is 1.82 bits per heavy atom. The van der Waals surface area contributed by atoms with Crippen molar-refractivity contribution in [3.8, 4) is 0 Å². The van der Waals surface area contributed by atoms with Crippen molar-refractivity contribution in [3.63, 3.8) is 0 Å². The van der Waals surface area contributed by atoms with E-state index in [1.165, 1.54) is 80.3 Å². The molecule has 0 spiro atoms. The number of fused-ring (bicyclic) bond motifs is 7. The average Bonchev–Trinajstić information content (AvgIpc) is 3.57. The van der Waals surface area contributed by atoms with Gasteiger partial charge in [-0.1, -0.05) is 36.8 Å². The van der Waals surface area contributed by atoms with Crippen LogP contribution in [-0.2, 0) is 7.05 Å². The van der Waals surface area contributed by atoms with Crippen LogP contribution in [0.15, 0.2) is 54.7 Å². The Bertz CT molecular complexity index is 1870. The summed E-state index contributed by atoms with van der Waals surface area (Å²) in [6.07, 6.45) is 7.82. The number of hydrogen-bond acceptors (Lipinski definition) is 0. The van der Waals surface area contributed by atoms with E-state index >= 15 is 0 Å². The summed E-state index contributed by atoms with van der Waals surface area (Å²) < 4.78 is 4.78. The molecule has 164 valence electrons. The Hall–Kier alpha value is -3.64. The summed E-state index contributed by atoms with van der Waals surface area (Å²) in [5.74, 6) is 2.46. The summed E-state index contributed by atoms with van der Waals surface area (Å²) in [5.41, 5.74) is 8.57. The van der Waals surface area contributed by atoms with Gasteiger partial charge < -0.3 is 4.40 Å². The molecular formula is C31H26N3+. The topological polar surface area (TPSA) is 12.6 Å². The second kappa shape index (κ2) is 6.27. The van der Waals surface area contributed by atoms with Crippen molar-refractivity contribution in [3.05, 3.63) is 77.3 Å². The fraction of sp³-hybridized carbons (Fsp3) is 0.290. The standard InChI is InChI=1S/C31H26N3/c1-17-4-8-24-23-9-7-22(32-2)16-26(23)34-27-15-21(25-13-18-5-6-19(25)12-18)14-20-10-11-33(3)31(29(20)27)28(17)30(24)34/h4,7-11,14-16,18-19,25H,5-6,12-13H2,1,3H3/q+1. The Morgan fingerprint density at radius 3 is 2.62 bits per heavy atom. The van der Waals surface area contributed by atoms with Crippen LogP contribution in [0.5, 0.6) is 0 Å². The maximum atomic E-state index is 7.64. The van der Waals surface area contributed by atoms with Crippen LogP contribution in [0.1, 0.15) is 42.7 Å². The van der Waals surface area contributed by atoms with Crippen molar-refractivity contribution in [1.82, 2.24) is 4.40 Å². The van der Waals surface area contributed by atoms with E-state index in [1.807, 2.05) is 6.07 Å². The molecule has 2 aliphatic rings. The maximum absolute atomic E-state index is 7.64. The molecular weight excluding hydrogens is 414 g/mol. The Morgan fingerprint density at radius 1 is 0.941 bits per heavy atom. The molecule has 3 nitrogen and oxygen atoms in total. The van der Waals surface area contributed by atoms with Gasteiger partial charge in [-0.05, 0) is 72.6 Å². The lowest BCUT2D eigenvalue weighted by atomic mass is 9.82. The van der Waals surface area contributed by atoms with Gasteiger partial charge in [0.15, 0.2) is 11.9 Å². The van der Waals surface area contributed by atoms with Gasteiger partial charge in [-0.15, -0.1) is 0 Å². The molecule has 34 heavy (non-hydrogen) atoms. The van der Waals surface area contributed by atoms with Crippen molar-refractivity contribution < 1.29 is 4.57 Å². The third kappa shape index (κ3) is 2.19. The molecule has 0 saturated heterocycles. The van der Waals surface area contributed by atoms with Gasteiger partial charge in [-0.25, -0.2) is 9.41 Å². The molecule has 2 saturated carbocycles. The molecule has 0 radical (unpaired) electrons. The normalized spacial score (nSPS) is 22.2. The molecule has 8 rings (SSSR count). The lowest BCUT2D eigenvalue weighted by Gasteiger charge is -2.23. The zero-order valence-corrected chi connectivity index (χ0v) is 19.6. The number of aryl methyl sites for hydroxylation is 2. The number of benzene rings is 3. The molecule has 0 aliphatic heterocycles. The van der Waals surface area contributed by atoms with Gasteiger partial charge in [0.05, 0.1) is 28.4 Å². The van der Waals surface area contributed by atoms with Gasteiger partial charge in [0, 0.05) is 22.4 Å². The first-order valence-corrected chi connectivity index (χ1v) is 12.5. The molecule has 6 aromatic rings. The van der Waals surface area contributed by atoms with Crippen LogP contribution in [0.2, 0.25) is 0 Å². The van der Waals surface area contributed by atoms with Gasteiger partial charge in [-0.2, -0.15) is 0 Å². The van der Waals surface area contributed by atoms with Crippen molar-refractivity contribution in [2.24, 2.45) is 18.9 Å². The maximum Gasteiger partial charge on any atom is 0.224 e. The van der Waals surface area contributed by atoms with E-state index < -0.39 is 0 Å². The molecule has 2 aliphatic carbocycles. The third-order valence-electron chi connectivity index (χ3n) is 9.13. The monoisotopic (exact) mass is 440 g/mol. The smallest absolute Gasteiger partial charge is 0.224 e. The molecule has 3 unspecified atom stereocenters. The highest BCUT2D eigenvalue weighted by atomic mass is 15.0. The lowest BCUT2D eigenvalue weighted by molar-refractivity contribution is -0.643. The molecule has 2 bridgehead atoms. The van der Waals surface area contributed by atoms with E-state index in [0.29, 0.717) is 11.6 Å². The first-order chi connectivity index (χ1) is 16.6. The number of rotatable bonds is 1. The summed E-state index contributed by atoms with van der Waals surface area (Å²) in [5, 5.41) is 6.52. The molecule has 3 aromatic carbocycles. The molecule has 3 heterocycles. The second-order valence-electron chi connectivity index (χ2n) is 10.9. The molecule has 3 atom stereocenters. The van der Waals surface area contributed by atoms with Gasteiger partial charge in [0.25, 0.3) is 0 Å². The average molecular weight is 441 g/mol. The minimum absolute atomic E-state index is 0.687. The summed E-state index contributed by atoms with van der Waals surface area (Å²) in [4.78, 5) is 3.77. The molecule has 3 heteroatoms. The highest BCUT2D eigenvalue weighted by molar-refractivity contribution is 6.26.